The van der Waals surface area contributed by atoms with E-state index in [-0.39, 0.29) is 29.9 Å². The molecule has 0 aromatic carbocycles. The van der Waals surface area contributed by atoms with Gasteiger partial charge in [0.05, 0.1) is 12.0 Å². The molecular weight excluding hydrogens is 320 g/mol. The fourth-order valence-corrected chi connectivity index (χ4v) is 4.22. The predicted molar refractivity (Wildman–Crippen MR) is 92.7 cm³/mol. The van der Waals surface area contributed by atoms with Gasteiger partial charge in [-0.15, -0.1) is 0 Å². The van der Waals surface area contributed by atoms with Gasteiger partial charge in [-0.2, -0.15) is 0 Å². The van der Waals surface area contributed by atoms with Crippen LogP contribution in [-0.2, 0) is 23.8 Å². The molecule has 0 spiro atoms. The Balaban J connectivity index is 1.98. The number of hydrogen-bond donors (Lipinski definition) is 0. The quantitative estimate of drug-likeness (QED) is 0.435. The minimum absolute atomic E-state index is 0.00716. The normalized spacial score (nSPS) is 41.4. The molecule has 0 amide bonds. The Hall–Kier alpha value is -1.62. The fourth-order valence-electron chi connectivity index (χ4n) is 4.22. The monoisotopic (exact) mass is 348 g/mol. The third kappa shape index (κ3) is 3.14. The summed E-state index contributed by atoms with van der Waals surface area (Å²) >= 11 is 0. The summed E-state index contributed by atoms with van der Waals surface area (Å²) in [7, 11) is 0. The van der Waals surface area contributed by atoms with E-state index in [1.54, 1.807) is 19.9 Å². The SMILES string of the molecule is C=C1CC[C@@H]2[C@H](OC(=O)[C@H]2C)[C@@H](OC(=O)/C(C)=C/C)[C@@]2(C)CC[C@@H]1O2. The molecule has 3 aliphatic rings. The molecule has 0 unspecified atom stereocenters. The van der Waals surface area contributed by atoms with Crippen LogP contribution < -0.4 is 0 Å². The number of rotatable bonds is 2. The van der Waals surface area contributed by atoms with E-state index in [4.69, 9.17) is 14.2 Å². The van der Waals surface area contributed by atoms with Crippen molar-refractivity contribution in [3.8, 4) is 0 Å². The van der Waals surface area contributed by atoms with Crippen LogP contribution in [0.15, 0.2) is 23.8 Å². The number of carbonyl (C=O) groups is 2. The van der Waals surface area contributed by atoms with Gasteiger partial charge in [0.25, 0.3) is 0 Å². The van der Waals surface area contributed by atoms with Crippen LogP contribution in [0.2, 0.25) is 0 Å². The molecule has 3 rings (SSSR count). The first-order valence-electron chi connectivity index (χ1n) is 9.16. The van der Waals surface area contributed by atoms with Crippen LogP contribution in [0.4, 0.5) is 0 Å². The second-order valence-corrected chi connectivity index (χ2v) is 7.81. The van der Waals surface area contributed by atoms with Crippen molar-refractivity contribution < 1.29 is 23.8 Å². The van der Waals surface area contributed by atoms with Crippen LogP contribution in [0, 0.1) is 11.8 Å². The van der Waals surface area contributed by atoms with Crippen LogP contribution in [-0.4, -0.2) is 35.9 Å². The van der Waals surface area contributed by atoms with E-state index in [9.17, 15) is 9.59 Å². The van der Waals surface area contributed by atoms with Gasteiger partial charge in [-0.05, 0) is 52.0 Å². The summed E-state index contributed by atoms with van der Waals surface area (Å²) in [5.74, 6) is -0.800. The van der Waals surface area contributed by atoms with E-state index in [2.05, 4.69) is 6.58 Å². The van der Waals surface area contributed by atoms with E-state index in [1.807, 2.05) is 13.8 Å². The highest BCUT2D eigenvalue weighted by molar-refractivity contribution is 5.88. The van der Waals surface area contributed by atoms with E-state index in [1.165, 1.54) is 0 Å². The summed E-state index contributed by atoms with van der Waals surface area (Å²) in [6.45, 7) is 11.6. The van der Waals surface area contributed by atoms with Crippen LogP contribution in [0.1, 0.15) is 53.4 Å². The molecule has 0 aliphatic carbocycles. The summed E-state index contributed by atoms with van der Waals surface area (Å²) in [6.07, 6.45) is 3.83. The Kier molecular flexibility index (Phi) is 4.80. The Labute approximate surface area is 149 Å². The third-order valence-electron chi connectivity index (χ3n) is 6.15. The molecule has 2 bridgehead atoms. The summed E-state index contributed by atoms with van der Waals surface area (Å²) in [4.78, 5) is 24.7. The zero-order valence-corrected chi connectivity index (χ0v) is 15.5. The van der Waals surface area contributed by atoms with Crippen molar-refractivity contribution in [3.63, 3.8) is 0 Å². The highest BCUT2D eigenvalue weighted by Crippen LogP contribution is 2.46. The molecule has 3 fully saturated rings. The zero-order chi connectivity index (χ0) is 18.4. The Morgan fingerprint density at radius 1 is 1.40 bits per heavy atom. The summed E-state index contributed by atoms with van der Waals surface area (Å²) in [5, 5.41) is 0. The molecule has 0 saturated carbocycles. The van der Waals surface area contributed by atoms with Crippen LogP contribution in [0.25, 0.3) is 0 Å². The Bertz CT molecular complexity index is 622. The fraction of sp³-hybridized carbons (Fsp3) is 0.700. The highest BCUT2D eigenvalue weighted by Gasteiger charge is 2.57. The van der Waals surface area contributed by atoms with Gasteiger partial charge in [-0.1, -0.05) is 19.6 Å². The van der Waals surface area contributed by atoms with Crippen molar-refractivity contribution in [2.24, 2.45) is 11.8 Å². The largest absolute Gasteiger partial charge is 0.458 e. The maximum atomic E-state index is 12.5. The molecule has 0 N–H and O–H groups in total. The minimum Gasteiger partial charge on any atom is -0.458 e. The number of hydrogen-bond acceptors (Lipinski definition) is 5. The molecule has 0 aromatic heterocycles. The number of fused-ring (bicyclic) bond motifs is 3. The molecule has 6 atom stereocenters. The van der Waals surface area contributed by atoms with Crippen molar-refractivity contribution in [2.75, 3.05) is 0 Å². The maximum absolute atomic E-state index is 12.5. The van der Waals surface area contributed by atoms with E-state index in [0.717, 1.165) is 31.3 Å². The van der Waals surface area contributed by atoms with Crippen LogP contribution in [0.5, 0.6) is 0 Å². The molecule has 0 radical (unpaired) electrons. The van der Waals surface area contributed by atoms with Gasteiger partial charge in [-0.3, -0.25) is 4.79 Å². The number of ether oxygens (including phenoxy) is 3. The van der Waals surface area contributed by atoms with Crippen molar-refractivity contribution in [1.82, 2.24) is 0 Å². The van der Waals surface area contributed by atoms with E-state index >= 15 is 0 Å². The predicted octanol–water partition coefficient (Wildman–Crippen LogP) is 3.33. The third-order valence-corrected chi connectivity index (χ3v) is 6.15. The van der Waals surface area contributed by atoms with Crippen LogP contribution in [0.3, 0.4) is 0 Å². The number of carbonyl (C=O) groups excluding carboxylic acids is 2. The number of allylic oxidation sites excluding steroid dienone is 1. The Morgan fingerprint density at radius 3 is 2.80 bits per heavy atom. The molecule has 3 aliphatic heterocycles. The second-order valence-electron chi connectivity index (χ2n) is 7.81. The molecule has 3 saturated heterocycles. The number of esters is 2. The average molecular weight is 348 g/mol. The van der Waals surface area contributed by atoms with Gasteiger partial charge >= 0.3 is 11.9 Å². The second kappa shape index (κ2) is 6.60. The smallest absolute Gasteiger partial charge is 0.333 e. The molecule has 3 heterocycles. The molecule has 5 heteroatoms. The first kappa shape index (κ1) is 18.2. The lowest BCUT2D eigenvalue weighted by Crippen LogP contribution is -2.51. The molecule has 138 valence electrons. The zero-order valence-electron chi connectivity index (χ0n) is 15.5. The first-order chi connectivity index (χ1) is 11.8. The van der Waals surface area contributed by atoms with Gasteiger partial charge in [-0.25, -0.2) is 4.79 Å². The minimum atomic E-state index is -0.672. The molecule has 0 aromatic rings. The topological polar surface area (TPSA) is 61.8 Å². The summed E-state index contributed by atoms with van der Waals surface area (Å²) in [5.41, 5.74) is 0.927. The van der Waals surface area contributed by atoms with Gasteiger partial charge in [0, 0.05) is 11.5 Å². The van der Waals surface area contributed by atoms with Crippen LogP contribution >= 0.6 is 0 Å². The lowest BCUT2D eigenvalue weighted by Gasteiger charge is -2.37. The van der Waals surface area contributed by atoms with E-state index in [0.29, 0.717) is 5.57 Å². The van der Waals surface area contributed by atoms with Crippen molar-refractivity contribution >= 4 is 11.9 Å². The van der Waals surface area contributed by atoms with E-state index < -0.39 is 17.8 Å². The van der Waals surface area contributed by atoms with Crippen molar-refractivity contribution in [3.05, 3.63) is 23.8 Å². The van der Waals surface area contributed by atoms with Gasteiger partial charge in [0.1, 0.15) is 11.7 Å². The van der Waals surface area contributed by atoms with Gasteiger partial charge in [0.15, 0.2) is 6.10 Å². The molecular formula is C20H28O5. The van der Waals surface area contributed by atoms with Crippen molar-refractivity contribution in [1.29, 1.82) is 0 Å². The maximum Gasteiger partial charge on any atom is 0.333 e. The highest BCUT2D eigenvalue weighted by atomic mass is 16.6. The average Bonchev–Trinajstić information content (AvgIpc) is 3.12. The lowest BCUT2D eigenvalue weighted by atomic mass is 9.78. The van der Waals surface area contributed by atoms with Crippen molar-refractivity contribution in [2.45, 2.75) is 77.3 Å². The molecule has 5 nitrogen and oxygen atoms in total. The Morgan fingerprint density at radius 2 is 2.12 bits per heavy atom. The lowest BCUT2D eigenvalue weighted by molar-refractivity contribution is -0.187. The molecule has 25 heavy (non-hydrogen) atoms. The first-order valence-corrected chi connectivity index (χ1v) is 9.16. The van der Waals surface area contributed by atoms with Gasteiger partial charge < -0.3 is 14.2 Å². The summed E-state index contributed by atoms with van der Waals surface area (Å²) in [6, 6.07) is 0. The van der Waals surface area contributed by atoms with Gasteiger partial charge in [0.2, 0.25) is 0 Å². The summed E-state index contributed by atoms with van der Waals surface area (Å²) < 4.78 is 17.9. The standard InChI is InChI=1S/C20H28O5/c1-6-11(2)18(21)24-17-16-14(13(4)19(22)23-16)8-7-12(3)15-9-10-20(17,5)25-15/h6,13-17H,3,7-10H2,1-2,4-5H3/b11-6+/t13-,14-,15-,16-,17+,20+/m0/s1.